The van der Waals surface area contributed by atoms with Crippen molar-refractivity contribution in [2.24, 2.45) is 5.92 Å². The van der Waals surface area contributed by atoms with Gasteiger partial charge in [0.15, 0.2) is 0 Å². The molecule has 6 heteroatoms. The summed E-state index contributed by atoms with van der Waals surface area (Å²) in [4.78, 5) is 13.3. The minimum Gasteiger partial charge on any atom is -0.391 e. The molecule has 1 aromatic carbocycles. The van der Waals surface area contributed by atoms with Gasteiger partial charge < -0.3 is 15.3 Å². The molecule has 2 rings (SSSR count). The fourth-order valence-electron chi connectivity index (χ4n) is 1.96. The van der Waals surface area contributed by atoms with Crippen LogP contribution in [-0.2, 0) is 6.54 Å². The van der Waals surface area contributed by atoms with Crippen LogP contribution < -0.4 is 5.32 Å². The lowest BCUT2D eigenvalue weighted by Gasteiger charge is -2.21. The molecule has 0 aliphatic heterocycles. The molecule has 20 heavy (non-hydrogen) atoms. The lowest BCUT2D eigenvalue weighted by molar-refractivity contribution is 0.113. The molecule has 0 heterocycles. The third-order valence-electron chi connectivity index (χ3n) is 3.42. The summed E-state index contributed by atoms with van der Waals surface area (Å²) in [5, 5.41) is 12.4. The summed E-state index contributed by atoms with van der Waals surface area (Å²) in [6, 6.07) is 4.40. The molecule has 1 fully saturated rings. The van der Waals surface area contributed by atoms with E-state index >= 15 is 0 Å². The van der Waals surface area contributed by atoms with Gasteiger partial charge >= 0.3 is 6.03 Å². The minimum atomic E-state index is -0.463. The van der Waals surface area contributed by atoms with Crippen LogP contribution >= 0.6 is 15.9 Å². The number of carbonyl (C=O) groups is 1. The molecule has 0 spiro atoms. The first kappa shape index (κ1) is 15.3. The van der Waals surface area contributed by atoms with Crippen molar-refractivity contribution >= 4 is 22.0 Å². The van der Waals surface area contributed by atoms with E-state index in [9.17, 15) is 14.3 Å². The molecule has 1 unspecified atom stereocenters. The number of hydrogen-bond donors (Lipinski definition) is 2. The average molecular weight is 345 g/mol. The van der Waals surface area contributed by atoms with Gasteiger partial charge in [0.05, 0.1) is 6.10 Å². The van der Waals surface area contributed by atoms with Crippen molar-refractivity contribution in [2.45, 2.75) is 25.5 Å². The fourth-order valence-corrected chi connectivity index (χ4v) is 2.30. The molecule has 2 N–H and O–H groups in total. The Bertz CT molecular complexity index is 494. The van der Waals surface area contributed by atoms with Crippen LogP contribution in [0.2, 0.25) is 0 Å². The lowest BCUT2D eigenvalue weighted by atomic mass is 10.2. The van der Waals surface area contributed by atoms with Crippen LogP contribution in [0.15, 0.2) is 22.7 Å². The number of likely N-dealkylation sites (N-methyl/N-ethyl adjacent to an activating group) is 1. The molecular weight excluding hydrogens is 327 g/mol. The maximum atomic E-state index is 13.6. The van der Waals surface area contributed by atoms with Gasteiger partial charge in [-0.15, -0.1) is 0 Å². The van der Waals surface area contributed by atoms with Crippen LogP contribution in [0.3, 0.4) is 0 Å². The first-order valence-corrected chi connectivity index (χ1v) is 7.37. The number of benzene rings is 1. The van der Waals surface area contributed by atoms with E-state index in [1.165, 1.54) is 11.0 Å². The first-order valence-electron chi connectivity index (χ1n) is 6.58. The van der Waals surface area contributed by atoms with Gasteiger partial charge in [-0.2, -0.15) is 0 Å². The molecule has 110 valence electrons. The van der Waals surface area contributed by atoms with Crippen molar-refractivity contribution < 1.29 is 14.3 Å². The SMILES string of the molecule is CN(CC(O)C1CC1)C(=O)NCc1ccc(Br)cc1F. The maximum Gasteiger partial charge on any atom is 0.317 e. The number of aliphatic hydroxyl groups excluding tert-OH is 1. The summed E-state index contributed by atoms with van der Waals surface area (Å²) < 4.78 is 14.3. The molecule has 0 aromatic heterocycles. The third kappa shape index (κ3) is 4.18. The molecule has 1 aromatic rings. The lowest BCUT2D eigenvalue weighted by Crippen LogP contribution is -2.41. The number of amides is 2. The summed E-state index contributed by atoms with van der Waals surface area (Å²) in [6.45, 7) is 0.432. The highest BCUT2D eigenvalue weighted by molar-refractivity contribution is 9.10. The zero-order chi connectivity index (χ0) is 14.7. The summed E-state index contributed by atoms with van der Waals surface area (Å²) >= 11 is 3.18. The van der Waals surface area contributed by atoms with E-state index in [0.717, 1.165) is 12.8 Å². The Morgan fingerprint density at radius 1 is 1.60 bits per heavy atom. The van der Waals surface area contributed by atoms with Crippen LogP contribution in [0.1, 0.15) is 18.4 Å². The third-order valence-corrected chi connectivity index (χ3v) is 3.91. The highest BCUT2D eigenvalue weighted by Gasteiger charge is 2.31. The van der Waals surface area contributed by atoms with Crippen molar-refractivity contribution in [2.75, 3.05) is 13.6 Å². The normalized spacial score (nSPS) is 15.8. The number of halogens is 2. The van der Waals surface area contributed by atoms with E-state index in [2.05, 4.69) is 21.2 Å². The number of hydrogen-bond acceptors (Lipinski definition) is 2. The predicted molar refractivity (Wildman–Crippen MR) is 77.7 cm³/mol. The summed E-state index contributed by atoms with van der Waals surface area (Å²) in [5.74, 6) is -0.0329. The van der Waals surface area contributed by atoms with Crippen LogP contribution in [0.5, 0.6) is 0 Å². The van der Waals surface area contributed by atoms with Crippen molar-refractivity contribution in [3.63, 3.8) is 0 Å². The van der Waals surface area contributed by atoms with E-state index in [0.29, 0.717) is 22.5 Å². The molecule has 0 bridgehead atoms. The van der Waals surface area contributed by atoms with Gasteiger partial charge in [-0.3, -0.25) is 0 Å². The van der Waals surface area contributed by atoms with Crippen molar-refractivity contribution in [3.8, 4) is 0 Å². The quantitative estimate of drug-likeness (QED) is 0.862. The highest BCUT2D eigenvalue weighted by atomic mass is 79.9. The number of aliphatic hydroxyl groups is 1. The summed E-state index contributed by atoms with van der Waals surface area (Å²) in [5.41, 5.74) is 0.428. The zero-order valence-electron chi connectivity index (χ0n) is 11.3. The van der Waals surface area contributed by atoms with Crippen LogP contribution in [0.25, 0.3) is 0 Å². The van der Waals surface area contributed by atoms with Crippen molar-refractivity contribution in [1.82, 2.24) is 10.2 Å². The second kappa shape index (κ2) is 6.54. The van der Waals surface area contributed by atoms with Gasteiger partial charge in [0.25, 0.3) is 0 Å². The van der Waals surface area contributed by atoms with Gasteiger partial charge in [-0.1, -0.05) is 22.0 Å². The Kier molecular flexibility index (Phi) is 4.99. The molecule has 0 radical (unpaired) electrons. The van der Waals surface area contributed by atoms with E-state index < -0.39 is 6.10 Å². The fraction of sp³-hybridized carbons (Fsp3) is 0.500. The van der Waals surface area contributed by atoms with Crippen molar-refractivity contribution in [1.29, 1.82) is 0 Å². The van der Waals surface area contributed by atoms with E-state index in [1.54, 1.807) is 19.2 Å². The Labute approximate surface area is 126 Å². The van der Waals surface area contributed by atoms with Gasteiger partial charge in [0.1, 0.15) is 5.82 Å². The molecule has 1 atom stereocenters. The smallest absolute Gasteiger partial charge is 0.317 e. The van der Waals surface area contributed by atoms with Crippen LogP contribution in [0, 0.1) is 11.7 Å². The number of nitrogens with zero attached hydrogens (tertiary/aromatic N) is 1. The van der Waals surface area contributed by atoms with E-state index in [4.69, 9.17) is 0 Å². The van der Waals surface area contributed by atoms with Crippen molar-refractivity contribution in [3.05, 3.63) is 34.1 Å². The number of carbonyl (C=O) groups excluding carboxylic acids is 1. The Hall–Kier alpha value is -1.14. The van der Waals surface area contributed by atoms with E-state index in [1.807, 2.05) is 0 Å². The summed E-state index contributed by atoms with van der Waals surface area (Å²) in [7, 11) is 1.62. The molecular formula is C14H18BrFN2O2. The maximum absolute atomic E-state index is 13.6. The average Bonchev–Trinajstić information content (AvgIpc) is 3.21. The van der Waals surface area contributed by atoms with Gasteiger partial charge in [0, 0.05) is 30.2 Å². The van der Waals surface area contributed by atoms with E-state index in [-0.39, 0.29) is 18.4 Å². The molecule has 0 saturated heterocycles. The van der Waals surface area contributed by atoms with Crippen LogP contribution in [-0.4, -0.2) is 35.7 Å². The van der Waals surface area contributed by atoms with Gasteiger partial charge in [-0.25, -0.2) is 9.18 Å². The number of rotatable bonds is 5. The number of nitrogens with one attached hydrogen (secondary N) is 1. The topological polar surface area (TPSA) is 52.6 Å². The zero-order valence-corrected chi connectivity index (χ0v) is 12.9. The number of urea groups is 1. The largest absolute Gasteiger partial charge is 0.391 e. The highest BCUT2D eigenvalue weighted by Crippen LogP contribution is 2.32. The Morgan fingerprint density at radius 2 is 2.30 bits per heavy atom. The molecule has 4 nitrogen and oxygen atoms in total. The van der Waals surface area contributed by atoms with Gasteiger partial charge in [0.2, 0.25) is 0 Å². The second-order valence-electron chi connectivity index (χ2n) is 5.18. The standard InChI is InChI=1S/C14H18BrFN2O2/c1-18(8-13(19)9-2-3-9)14(20)17-7-10-4-5-11(15)6-12(10)16/h4-6,9,13,19H,2-3,7-8H2,1H3,(H,17,20). The molecule has 1 aliphatic carbocycles. The molecule has 2 amide bonds. The monoisotopic (exact) mass is 344 g/mol. The molecule has 1 saturated carbocycles. The minimum absolute atomic E-state index is 0.127. The first-order chi connectivity index (χ1) is 9.47. The van der Waals surface area contributed by atoms with Crippen LogP contribution in [0.4, 0.5) is 9.18 Å². The van der Waals surface area contributed by atoms with Gasteiger partial charge in [-0.05, 0) is 30.9 Å². The Balaban J connectivity index is 1.81. The predicted octanol–water partition coefficient (Wildman–Crippen LogP) is 2.50. The second-order valence-corrected chi connectivity index (χ2v) is 6.10. The summed E-state index contributed by atoms with van der Waals surface area (Å²) in [6.07, 6.45) is 1.59. The molecule has 1 aliphatic rings. The Morgan fingerprint density at radius 3 is 2.90 bits per heavy atom.